The first-order valence-corrected chi connectivity index (χ1v) is 7.18. The van der Waals surface area contributed by atoms with Gasteiger partial charge in [-0.05, 0) is 52.2 Å². The number of benzene rings is 3. The molecular formula is C19H17FO2. The topological polar surface area (TPSA) is 18.5 Å². The second kappa shape index (κ2) is 6.58. The van der Waals surface area contributed by atoms with Crippen molar-refractivity contribution >= 4 is 10.8 Å². The van der Waals surface area contributed by atoms with Gasteiger partial charge in [0.15, 0.2) is 0 Å². The summed E-state index contributed by atoms with van der Waals surface area (Å²) >= 11 is 0. The van der Waals surface area contributed by atoms with Crippen molar-refractivity contribution in [3.8, 4) is 16.9 Å². The predicted octanol–water partition coefficient (Wildman–Crippen LogP) is 4.67. The molecule has 0 heterocycles. The van der Waals surface area contributed by atoms with Crippen LogP contribution in [0, 0.1) is 5.82 Å². The maximum absolute atomic E-state index is 13.0. The molecule has 0 N–H and O–H groups in total. The number of ether oxygens (including phenoxy) is 2. The minimum Gasteiger partial charge on any atom is -0.491 e. The fourth-order valence-electron chi connectivity index (χ4n) is 2.38. The van der Waals surface area contributed by atoms with Crippen LogP contribution in [0.3, 0.4) is 0 Å². The van der Waals surface area contributed by atoms with Crippen LogP contribution in [-0.4, -0.2) is 20.3 Å². The van der Waals surface area contributed by atoms with Gasteiger partial charge in [-0.3, -0.25) is 0 Å². The molecule has 22 heavy (non-hydrogen) atoms. The number of fused-ring (bicyclic) bond motifs is 1. The Morgan fingerprint density at radius 3 is 2.23 bits per heavy atom. The molecule has 3 aromatic rings. The Balaban J connectivity index is 1.87. The number of hydrogen-bond donors (Lipinski definition) is 0. The number of methoxy groups -OCH3 is 1. The van der Waals surface area contributed by atoms with E-state index in [0.717, 1.165) is 27.6 Å². The highest BCUT2D eigenvalue weighted by Crippen LogP contribution is 2.27. The summed E-state index contributed by atoms with van der Waals surface area (Å²) in [6.45, 7) is 1.11. The molecule has 0 bridgehead atoms. The Morgan fingerprint density at radius 2 is 1.45 bits per heavy atom. The highest BCUT2D eigenvalue weighted by molar-refractivity contribution is 5.88. The first kappa shape index (κ1) is 14.5. The van der Waals surface area contributed by atoms with Gasteiger partial charge in [0.05, 0.1) is 6.61 Å². The number of halogens is 1. The Morgan fingerprint density at radius 1 is 0.773 bits per heavy atom. The summed E-state index contributed by atoms with van der Waals surface area (Å²) in [6.07, 6.45) is 0. The Hall–Kier alpha value is -2.39. The van der Waals surface area contributed by atoms with Gasteiger partial charge in [0, 0.05) is 7.11 Å². The van der Waals surface area contributed by atoms with Crippen molar-refractivity contribution in [2.24, 2.45) is 0 Å². The van der Waals surface area contributed by atoms with Crippen LogP contribution in [0.25, 0.3) is 21.9 Å². The van der Waals surface area contributed by atoms with Crippen molar-refractivity contribution < 1.29 is 13.9 Å². The van der Waals surface area contributed by atoms with E-state index in [1.807, 2.05) is 24.3 Å². The van der Waals surface area contributed by atoms with Crippen LogP contribution in [0.1, 0.15) is 0 Å². The molecule has 0 spiro atoms. The van der Waals surface area contributed by atoms with Crippen LogP contribution in [0.15, 0.2) is 60.7 Å². The quantitative estimate of drug-likeness (QED) is 0.637. The third-order valence-electron chi connectivity index (χ3n) is 3.55. The van der Waals surface area contributed by atoms with Gasteiger partial charge in [0.25, 0.3) is 0 Å². The van der Waals surface area contributed by atoms with E-state index in [1.165, 1.54) is 12.1 Å². The normalized spacial score (nSPS) is 10.8. The van der Waals surface area contributed by atoms with Gasteiger partial charge in [-0.15, -0.1) is 0 Å². The Labute approximate surface area is 129 Å². The van der Waals surface area contributed by atoms with Crippen molar-refractivity contribution in [2.75, 3.05) is 20.3 Å². The zero-order valence-electron chi connectivity index (χ0n) is 12.4. The van der Waals surface area contributed by atoms with Crippen LogP contribution in [-0.2, 0) is 4.74 Å². The highest BCUT2D eigenvalue weighted by atomic mass is 19.1. The fourth-order valence-corrected chi connectivity index (χ4v) is 2.38. The summed E-state index contributed by atoms with van der Waals surface area (Å²) in [5.74, 6) is 0.612. The molecule has 3 heteroatoms. The monoisotopic (exact) mass is 296 g/mol. The Bertz CT molecular complexity index is 766. The molecule has 0 fully saturated rings. The van der Waals surface area contributed by atoms with E-state index in [4.69, 9.17) is 9.47 Å². The standard InChI is InChI=1S/C19H17FO2/c1-21-10-11-22-19-9-6-16-12-15(2-3-17(16)13-19)14-4-7-18(20)8-5-14/h2-9,12-13H,10-11H2,1H3. The van der Waals surface area contributed by atoms with Crippen molar-refractivity contribution in [1.82, 2.24) is 0 Å². The molecule has 0 aliphatic carbocycles. The molecule has 0 aliphatic rings. The summed E-state index contributed by atoms with van der Waals surface area (Å²) in [6, 6.07) is 18.7. The predicted molar refractivity (Wildman–Crippen MR) is 86.7 cm³/mol. The average Bonchev–Trinajstić information content (AvgIpc) is 2.55. The third kappa shape index (κ3) is 3.26. The van der Waals surface area contributed by atoms with Gasteiger partial charge < -0.3 is 9.47 Å². The SMILES string of the molecule is COCCOc1ccc2cc(-c3ccc(F)cc3)ccc2c1. The van der Waals surface area contributed by atoms with Gasteiger partial charge in [0.1, 0.15) is 18.2 Å². The van der Waals surface area contributed by atoms with Crippen LogP contribution in [0.5, 0.6) is 5.75 Å². The van der Waals surface area contributed by atoms with Crippen molar-refractivity contribution in [2.45, 2.75) is 0 Å². The smallest absolute Gasteiger partial charge is 0.123 e. The molecule has 0 unspecified atom stereocenters. The molecule has 0 aromatic heterocycles. The van der Waals surface area contributed by atoms with Crippen LogP contribution >= 0.6 is 0 Å². The van der Waals surface area contributed by atoms with Crippen molar-refractivity contribution in [3.05, 3.63) is 66.5 Å². The van der Waals surface area contributed by atoms with Gasteiger partial charge in [0.2, 0.25) is 0 Å². The maximum atomic E-state index is 13.0. The fraction of sp³-hybridized carbons (Fsp3) is 0.158. The van der Waals surface area contributed by atoms with Crippen LogP contribution in [0.4, 0.5) is 4.39 Å². The zero-order valence-corrected chi connectivity index (χ0v) is 12.4. The van der Waals surface area contributed by atoms with E-state index < -0.39 is 0 Å². The number of hydrogen-bond acceptors (Lipinski definition) is 2. The third-order valence-corrected chi connectivity index (χ3v) is 3.55. The summed E-state index contributed by atoms with van der Waals surface area (Å²) in [5, 5.41) is 2.24. The van der Waals surface area contributed by atoms with E-state index in [1.54, 1.807) is 19.2 Å². The van der Waals surface area contributed by atoms with Crippen LogP contribution < -0.4 is 4.74 Å². The summed E-state index contributed by atoms with van der Waals surface area (Å²) in [7, 11) is 1.65. The van der Waals surface area contributed by atoms with Gasteiger partial charge in [-0.25, -0.2) is 4.39 Å². The van der Waals surface area contributed by atoms with Crippen molar-refractivity contribution in [1.29, 1.82) is 0 Å². The number of rotatable bonds is 5. The lowest BCUT2D eigenvalue weighted by Crippen LogP contribution is -2.03. The van der Waals surface area contributed by atoms with Gasteiger partial charge >= 0.3 is 0 Å². The molecule has 2 nitrogen and oxygen atoms in total. The summed E-state index contributed by atoms with van der Waals surface area (Å²) in [4.78, 5) is 0. The minimum atomic E-state index is -0.220. The highest BCUT2D eigenvalue weighted by Gasteiger charge is 2.02. The second-order valence-electron chi connectivity index (χ2n) is 5.07. The maximum Gasteiger partial charge on any atom is 0.123 e. The van der Waals surface area contributed by atoms with E-state index in [-0.39, 0.29) is 5.82 Å². The van der Waals surface area contributed by atoms with E-state index in [2.05, 4.69) is 12.1 Å². The first-order chi connectivity index (χ1) is 10.8. The molecule has 0 saturated heterocycles. The molecule has 0 radical (unpaired) electrons. The van der Waals surface area contributed by atoms with Crippen molar-refractivity contribution in [3.63, 3.8) is 0 Å². The molecule has 3 aromatic carbocycles. The zero-order chi connectivity index (χ0) is 15.4. The first-order valence-electron chi connectivity index (χ1n) is 7.18. The molecule has 0 aliphatic heterocycles. The summed E-state index contributed by atoms with van der Waals surface area (Å²) < 4.78 is 23.6. The molecule has 3 rings (SSSR count). The minimum absolute atomic E-state index is 0.220. The lowest BCUT2D eigenvalue weighted by Gasteiger charge is -2.08. The Kier molecular flexibility index (Phi) is 4.35. The van der Waals surface area contributed by atoms with E-state index in [9.17, 15) is 4.39 Å². The van der Waals surface area contributed by atoms with Gasteiger partial charge in [-0.1, -0.05) is 30.3 Å². The summed E-state index contributed by atoms with van der Waals surface area (Å²) in [5.41, 5.74) is 2.07. The van der Waals surface area contributed by atoms with E-state index in [0.29, 0.717) is 13.2 Å². The average molecular weight is 296 g/mol. The molecule has 0 saturated carbocycles. The molecule has 112 valence electrons. The lowest BCUT2D eigenvalue weighted by atomic mass is 10.0. The largest absolute Gasteiger partial charge is 0.491 e. The molecule has 0 amide bonds. The van der Waals surface area contributed by atoms with Crippen LogP contribution in [0.2, 0.25) is 0 Å². The molecular weight excluding hydrogens is 279 g/mol. The van der Waals surface area contributed by atoms with E-state index >= 15 is 0 Å². The molecule has 0 atom stereocenters. The lowest BCUT2D eigenvalue weighted by molar-refractivity contribution is 0.146. The second-order valence-corrected chi connectivity index (χ2v) is 5.07. The van der Waals surface area contributed by atoms with Gasteiger partial charge in [-0.2, -0.15) is 0 Å².